The summed E-state index contributed by atoms with van der Waals surface area (Å²) in [5, 5.41) is 19.9. The van der Waals surface area contributed by atoms with Crippen LogP contribution in [0, 0.1) is 5.92 Å². The Hall–Kier alpha value is -2.95. The van der Waals surface area contributed by atoms with E-state index in [9.17, 15) is 18.3 Å². The second-order valence-corrected chi connectivity index (χ2v) is 11.8. The molecule has 1 aliphatic carbocycles. The molecule has 2 atom stereocenters. The van der Waals surface area contributed by atoms with Gasteiger partial charge in [0.15, 0.2) is 6.23 Å². The van der Waals surface area contributed by atoms with Gasteiger partial charge in [0, 0.05) is 44.5 Å². The molecule has 0 radical (unpaired) electrons. The summed E-state index contributed by atoms with van der Waals surface area (Å²) in [5.41, 5.74) is 1.78. The van der Waals surface area contributed by atoms with Gasteiger partial charge in [0.1, 0.15) is 12.2 Å². The van der Waals surface area contributed by atoms with Crippen LogP contribution in [-0.2, 0) is 36.5 Å². The minimum absolute atomic E-state index is 0.0160. The minimum atomic E-state index is -4.52. The molecule has 1 unspecified atom stereocenters. The molecule has 1 saturated carbocycles. The van der Waals surface area contributed by atoms with E-state index in [0.717, 1.165) is 30.7 Å². The smallest absolute Gasteiger partial charge is 0.376 e. The molecule has 0 amide bonds. The second-order valence-electron chi connectivity index (χ2n) is 11.8. The number of alkyl halides is 3. The van der Waals surface area contributed by atoms with Crippen molar-refractivity contribution >= 4 is 5.69 Å². The lowest BCUT2D eigenvalue weighted by molar-refractivity contribution is -0.138. The number of benzene rings is 2. The maximum absolute atomic E-state index is 14.3. The van der Waals surface area contributed by atoms with Crippen LogP contribution in [0.3, 0.4) is 0 Å². The van der Waals surface area contributed by atoms with E-state index < -0.39 is 18.0 Å². The average molecular weight is 556 g/mol. The molecule has 3 heterocycles. The first-order valence-corrected chi connectivity index (χ1v) is 14.1. The first kappa shape index (κ1) is 27.2. The van der Waals surface area contributed by atoms with Crippen LogP contribution >= 0.6 is 0 Å². The van der Waals surface area contributed by atoms with E-state index in [1.807, 2.05) is 42.8 Å². The molecular weight excluding hydrogens is 519 g/mol. The Labute approximate surface area is 232 Å². The number of anilines is 1. The Balaban J connectivity index is 1.33. The molecule has 1 N–H and O–H groups in total. The van der Waals surface area contributed by atoms with Gasteiger partial charge in [-0.15, -0.1) is 10.2 Å². The van der Waals surface area contributed by atoms with Crippen molar-refractivity contribution in [2.75, 3.05) is 24.6 Å². The normalized spacial score (nSPS) is 27.1. The molecule has 2 fully saturated rings. The van der Waals surface area contributed by atoms with Gasteiger partial charge in [-0.1, -0.05) is 26.0 Å². The Morgan fingerprint density at radius 3 is 2.65 bits per heavy atom. The standard InChI is InChI=1S/C30H36F3N5O2/c1-4-23-16-37(8-9-40-23)15-20-10-24-25(26(11-20)30(31,32)33)17-38(27(24)39)22-7-5-6-21(12-22)29(13-19(2)14-29)28-35-34-18-36(28)3/h5-7,10-12,18-19,23,27,39H,4,8-9,13-17H2,1-3H3/t19?,23-,27?,29?/m1/s1. The molecule has 214 valence electrons. The Bertz CT molecular complexity index is 1380. The third-order valence-electron chi connectivity index (χ3n) is 8.90. The second kappa shape index (κ2) is 10.2. The average Bonchev–Trinajstić information content (AvgIpc) is 3.49. The Morgan fingerprint density at radius 2 is 1.98 bits per heavy atom. The third kappa shape index (κ3) is 4.69. The highest BCUT2D eigenvalue weighted by Gasteiger charge is 2.48. The summed E-state index contributed by atoms with van der Waals surface area (Å²) in [4.78, 5) is 3.80. The van der Waals surface area contributed by atoms with Crippen LogP contribution in [0.4, 0.5) is 18.9 Å². The predicted molar refractivity (Wildman–Crippen MR) is 145 cm³/mol. The van der Waals surface area contributed by atoms with Gasteiger partial charge in [0.2, 0.25) is 0 Å². The molecular formula is C30H36F3N5O2. The number of ether oxygens (including phenoxy) is 1. The summed E-state index contributed by atoms with van der Waals surface area (Å²) in [7, 11) is 1.93. The summed E-state index contributed by atoms with van der Waals surface area (Å²) in [5.74, 6) is 1.40. The number of halogens is 3. The summed E-state index contributed by atoms with van der Waals surface area (Å²) in [6.07, 6.45) is -1.24. The van der Waals surface area contributed by atoms with Gasteiger partial charge in [-0.2, -0.15) is 13.2 Å². The van der Waals surface area contributed by atoms with E-state index in [4.69, 9.17) is 4.74 Å². The highest BCUT2D eigenvalue weighted by molar-refractivity contribution is 5.59. The maximum atomic E-state index is 14.3. The van der Waals surface area contributed by atoms with Crippen molar-refractivity contribution in [3.05, 3.63) is 76.4 Å². The number of aliphatic hydroxyl groups excluding tert-OH is 1. The lowest BCUT2D eigenvalue weighted by Crippen LogP contribution is -2.43. The lowest BCUT2D eigenvalue weighted by atomic mass is 9.58. The molecule has 0 spiro atoms. The van der Waals surface area contributed by atoms with Crippen molar-refractivity contribution < 1.29 is 23.0 Å². The van der Waals surface area contributed by atoms with Crippen molar-refractivity contribution in [1.29, 1.82) is 0 Å². The Kier molecular flexibility index (Phi) is 6.91. The minimum Gasteiger partial charge on any atom is -0.376 e. The molecule has 3 aromatic rings. The van der Waals surface area contributed by atoms with E-state index in [2.05, 4.69) is 22.0 Å². The molecule has 2 aromatic carbocycles. The van der Waals surface area contributed by atoms with E-state index in [1.165, 1.54) is 6.07 Å². The van der Waals surface area contributed by atoms with Crippen LogP contribution in [-0.4, -0.2) is 50.6 Å². The molecule has 0 bridgehead atoms. The zero-order valence-electron chi connectivity index (χ0n) is 23.2. The number of fused-ring (bicyclic) bond motifs is 1. The molecule has 1 aromatic heterocycles. The van der Waals surface area contributed by atoms with Gasteiger partial charge in [-0.25, -0.2) is 0 Å². The van der Waals surface area contributed by atoms with Gasteiger partial charge in [0.25, 0.3) is 0 Å². The SMILES string of the molecule is CC[C@@H]1CN(Cc2cc3c(c(C(F)(F)F)c2)CN(c2cccc(C4(c5nncn5C)CC(C)C4)c2)C3O)CCO1. The largest absolute Gasteiger partial charge is 0.416 e. The third-order valence-corrected chi connectivity index (χ3v) is 8.90. The number of aryl methyl sites for hydroxylation is 1. The molecule has 1 saturated heterocycles. The molecule has 6 rings (SSSR count). The van der Waals surface area contributed by atoms with Gasteiger partial charge in [0.05, 0.1) is 23.7 Å². The lowest BCUT2D eigenvalue weighted by Gasteiger charge is -2.46. The van der Waals surface area contributed by atoms with Crippen LogP contribution in [0.2, 0.25) is 0 Å². The van der Waals surface area contributed by atoms with Crippen LogP contribution in [0.25, 0.3) is 0 Å². The zero-order chi connectivity index (χ0) is 28.2. The summed E-state index contributed by atoms with van der Waals surface area (Å²) in [6, 6.07) is 10.8. The van der Waals surface area contributed by atoms with E-state index in [0.29, 0.717) is 49.0 Å². The monoisotopic (exact) mass is 555 g/mol. The molecule has 2 aliphatic heterocycles. The van der Waals surface area contributed by atoms with E-state index in [1.54, 1.807) is 17.3 Å². The van der Waals surface area contributed by atoms with Gasteiger partial charge in [-0.3, -0.25) is 4.90 Å². The fraction of sp³-hybridized carbons (Fsp3) is 0.533. The summed E-state index contributed by atoms with van der Waals surface area (Å²) in [6.45, 7) is 6.54. The van der Waals surface area contributed by atoms with Crippen molar-refractivity contribution in [2.24, 2.45) is 13.0 Å². The number of hydrogen-bond acceptors (Lipinski definition) is 6. The van der Waals surface area contributed by atoms with Gasteiger partial charge >= 0.3 is 6.18 Å². The van der Waals surface area contributed by atoms with Crippen LogP contribution in [0.5, 0.6) is 0 Å². The number of nitrogens with zero attached hydrogens (tertiary/aromatic N) is 5. The first-order chi connectivity index (χ1) is 19.1. The quantitative estimate of drug-likeness (QED) is 0.453. The number of hydrogen-bond donors (Lipinski definition) is 1. The highest BCUT2D eigenvalue weighted by Crippen LogP contribution is 2.52. The van der Waals surface area contributed by atoms with E-state index in [-0.39, 0.29) is 23.6 Å². The Morgan fingerprint density at radius 1 is 1.18 bits per heavy atom. The fourth-order valence-corrected chi connectivity index (χ4v) is 6.97. The first-order valence-electron chi connectivity index (χ1n) is 14.1. The zero-order valence-corrected chi connectivity index (χ0v) is 23.2. The maximum Gasteiger partial charge on any atom is 0.416 e. The molecule has 7 nitrogen and oxygen atoms in total. The number of aliphatic hydroxyl groups is 1. The highest BCUT2D eigenvalue weighted by atomic mass is 19.4. The van der Waals surface area contributed by atoms with Crippen LogP contribution in [0.1, 0.15) is 73.0 Å². The van der Waals surface area contributed by atoms with Crippen molar-refractivity contribution in [3.63, 3.8) is 0 Å². The van der Waals surface area contributed by atoms with Crippen molar-refractivity contribution in [2.45, 2.75) is 70.1 Å². The number of morpholine rings is 1. The topological polar surface area (TPSA) is 66.7 Å². The number of rotatable bonds is 6. The molecule has 40 heavy (non-hydrogen) atoms. The van der Waals surface area contributed by atoms with E-state index >= 15 is 0 Å². The van der Waals surface area contributed by atoms with Gasteiger partial charge < -0.3 is 19.3 Å². The van der Waals surface area contributed by atoms with Crippen molar-refractivity contribution in [1.82, 2.24) is 19.7 Å². The fourth-order valence-electron chi connectivity index (χ4n) is 6.97. The van der Waals surface area contributed by atoms with Crippen LogP contribution < -0.4 is 4.90 Å². The van der Waals surface area contributed by atoms with Crippen molar-refractivity contribution in [3.8, 4) is 0 Å². The summed E-state index contributed by atoms with van der Waals surface area (Å²) >= 11 is 0. The van der Waals surface area contributed by atoms with Gasteiger partial charge in [-0.05, 0) is 66.1 Å². The molecule has 3 aliphatic rings. The molecule has 10 heteroatoms. The summed E-state index contributed by atoms with van der Waals surface area (Å²) < 4.78 is 50.7. The number of aromatic nitrogens is 3. The predicted octanol–water partition coefficient (Wildman–Crippen LogP) is 5.17. The van der Waals surface area contributed by atoms with Crippen LogP contribution in [0.15, 0.2) is 42.7 Å².